The van der Waals surface area contributed by atoms with Crippen molar-refractivity contribution in [1.29, 1.82) is 0 Å². The first kappa shape index (κ1) is 13.8. The lowest BCUT2D eigenvalue weighted by Crippen LogP contribution is -2.14. The third kappa shape index (κ3) is 3.24. The van der Waals surface area contributed by atoms with Gasteiger partial charge in [0, 0.05) is 10.2 Å². The molecule has 0 aliphatic heterocycles. The molecule has 3 N–H and O–H groups in total. The van der Waals surface area contributed by atoms with Crippen molar-refractivity contribution in [1.82, 2.24) is 4.98 Å². The van der Waals surface area contributed by atoms with E-state index in [9.17, 15) is 4.79 Å². The van der Waals surface area contributed by atoms with Crippen molar-refractivity contribution >= 4 is 44.8 Å². The van der Waals surface area contributed by atoms with Gasteiger partial charge in [-0.2, -0.15) is 0 Å². The number of amides is 1. The van der Waals surface area contributed by atoms with Gasteiger partial charge in [-0.1, -0.05) is 11.6 Å². The van der Waals surface area contributed by atoms with Gasteiger partial charge in [0.2, 0.25) is 0 Å². The molecule has 6 heteroatoms. The zero-order chi connectivity index (χ0) is 14.0. The Labute approximate surface area is 124 Å². The molecule has 0 fully saturated rings. The number of aryl methyl sites for hydroxylation is 1. The third-order valence-corrected chi connectivity index (χ3v) is 3.74. The maximum absolute atomic E-state index is 12.1. The fourth-order valence-corrected chi connectivity index (χ4v) is 2.05. The van der Waals surface area contributed by atoms with Crippen LogP contribution in [0.15, 0.2) is 34.9 Å². The lowest BCUT2D eigenvalue weighted by atomic mass is 10.1. The van der Waals surface area contributed by atoms with E-state index in [1.807, 2.05) is 0 Å². The molecule has 0 unspecified atom stereocenters. The van der Waals surface area contributed by atoms with Gasteiger partial charge in [-0.15, -0.1) is 0 Å². The summed E-state index contributed by atoms with van der Waals surface area (Å²) in [5.41, 5.74) is 7.80. The second-order valence-corrected chi connectivity index (χ2v) is 5.25. The average Bonchev–Trinajstić information content (AvgIpc) is 2.36. The largest absolute Gasteiger partial charge is 0.397 e. The average molecular weight is 341 g/mol. The van der Waals surface area contributed by atoms with Crippen molar-refractivity contribution in [3.8, 4) is 0 Å². The van der Waals surface area contributed by atoms with E-state index in [1.54, 1.807) is 31.2 Å². The first-order chi connectivity index (χ1) is 8.97. The Morgan fingerprint density at radius 3 is 2.84 bits per heavy atom. The van der Waals surface area contributed by atoms with Crippen molar-refractivity contribution < 1.29 is 4.79 Å². The molecule has 1 aromatic heterocycles. The number of carbonyl (C=O) groups is 1. The predicted molar refractivity (Wildman–Crippen MR) is 80.5 cm³/mol. The second-order valence-electron chi connectivity index (χ2n) is 3.98. The molecule has 2 rings (SSSR count). The number of nitrogens with one attached hydrogen (secondary N) is 1. The standard InChI is InChI=1S/C13H11BrClN3O/c1-7-10(4-8(16)6-17-7)13(19)18-9-2-3-12(15)11(14)5-9/h2-6H,16H2,1H3,(H,18,19). The van der Waals surface area contributed by atoms with Gasteiger partial charge in [0.15, 0.2) is 0 Å². The molecule has 19 heavy (non-hydrogen) atoms. The van der Waals surface area contributed by atoms with E-state index in [0.29, 0.717) is 27.7 Å². The molecule has 2 aromatic rings. The van der Waals surface area contributed by atoms with E-state index in [4.69, 9.17) is 17.3 Å². The quantitative estimate of drug-likeness (QED) is 0.877. The van der Waals surface area contributed by atoms with Crippen LogP contribution in [0.5, 0.6) is 0 Å². The van der Waals surface area contributed by atoms with Crippen molar-refractivity contribution in [3.63, 3.8) is 0 Å². The fraction of sp³-hybridized carbons (Fsp3) is 0.0769. The molecule has 1 heterocycles. The highest BCUT2D eigenvalue weighted by Gasteiger charge is 2.11. The molecule has 0 aliphatic rings. The number of nitrogens with two attached hydrogens (primary N) is 1. The Morgan fingerprint density at radius 1 is 1.42 bits per heavy atom. The van der Waals surface area contributed by atoms with Gasteiger partial charge in [0.1, 0.15) is 0 Å². The lowest BCUT2D eigenvalue weighted by Gasteiger charge is -2.08. The summed E-state index contributed by atoms with van der Waals surface area (Å²) in [7, 11) is 0. The number of rotatable bonds is 2. The van der Waals surface area contributed by atoms with E-state index in [2.05, 4.69) is 26.2 Å². The number of carbonyl (C=O) groups excluding carboxylic acids is 1. The van der Waals surface area contributed by atoms with Crippen LogP contribution in [0.1, 0.15) is 16.1 Å². The molecule has 0 spiro atoms. The number of aromatic nitrogens is 1. The number of hydrogen-bond acceptors (Lipinski definition) is 3. The Balaban J connectivity index is 2.25. The van der Waals surface area contributed by atoms with Crippen LogP contribution in [0.2, 0.25) is 5.02 Å². The lowest BCUT2D eigenvalue weighted by molar-refractivity contribution is 0.102. The highest BCUT2D eigenvalue weighted by atomic mass is 79.9. The molecule has 4 nitrogen and oxygen atoms in total. The van der Waals surface area contributed by atoms with Gasteiger partial charge in [-0.05, 0) is 47.1 Å². The number of benzene rings is 1. The van der Waals surface area contributed by atoms with Crippen molar-refractivity contribution in [2.75, 3.05) is 11.1 Å². The van der Waals surface area contributed by atoms with Gasteiger partial charge >= 0.3 is 0 Å². The summed E-state index contributed by atoms with van der Waals surface area (Å²) in [5.74, 6) is -0.258. The van der Waals surface area contributed by atoms with Crippen molar-refractivity contribution in [3.05, 3.63) is 51.2 Å². The summed E-state index contributed by atoms with van der Waals surface area (Å²) in [6.07, 6.45) is 1.52. The number of pyridine rings is 1. The number of nitrogens with zero attached hydrogens (tertiary/aromatic N) is 1. The van der Waals surface area contributed by atoms with Crippen molar-refractivity contribution in [2.24, 2.45) is 0 Å². The normalized spacial score (nSPS) is 10.3. The van der Waals surface area contributed by atoms with Crippen LogP contribution < -0.4 is 11.1 Å². The molecule has 1 aromatic carbocycles. The first-order valence-corrected chi connectivity index (χ1v) is 6.63. The first-order valence-electron chi connectivity index (χ1n) is 5.46. The van der Waals surface area contributed by atoms with Gasteiger partial charge in [-0.25, -0.2) is 0 Å². The Hall–Kier alpha value is -1.59. The summed E-state index contributed by atoms with van der Waals surface area (Å²) < 4.78 is 0.717. The van der Waals surface area contributed by atoms with Crippen LogP contribution in [0, 0.1) is 6.92 Å². The van der Waals surface area contributed by atoms with E-state index >= 15 is 0 Å². The highest BCUT2D eigenvalue weighted by molar-refractivity contribution is 9.10. The second kappa shape index (κ2) is 5.59. The van der Waals surface area contributed by atoms with Crippen LogP contribution in [0.4, 0.5) is 11.4 Å². The minimum absolute atomic E-state index is 0.258. The van der Waals surface area contributed by atoms with Gasteiger partial charge in [0.25, 0.3) is 5.91 Å². The molecule has 1 amide bonds. The molecule has 0 radical (unpaired) electrons. The summed E-state index contributed by atoms with van der Waals surface area (Å²) in [4.78, 5) is 16.2. The van der Waals surface area contributed by atoms with Gasteiger partial charge < -0.3 is 11.1 Å². The van der Waals surface area contributed by atoms with E-state index in [1.165, 1.54) is 6.20 Å². The molecular weight excluding hydrogens is 330 g/mol. The van der Waals surface area contributed by atoms with Gasteiger partial charge in [-0.3, -0.25) is 9.78 Å². The van der Waals surface area contributed by atoms with Crippen LogP contribution >= 0.6 is 27.5 Å². The molecule has 0 bridgehead atoms. The molecular formula is C13H11BrClN3O. The maximum atomic E-state index is 12.1. The fourth-order valence-electron chi connectivity index (χ4n) is 1.55. The van der Waals surface area contributed by atoms with Crippen molar-refractivity contribution in [2.45, 2.75) is 6.92 Å². The van der Waals surface area contributed by atoms with E-state index in [-0.39, 0.29) is 5.91 Å². The number of nitrogen functional groups attached to an aromatic ring is 1. The molecule has 0 aliphatic carbocycles. The summed E-state index contributed by atoms with van der Waals surface area (Å²) in [6.45, 7) is 1.76. The number of hydrogen-bond donors (Lipinski definition) is 2. The zero-order valence-corrected chi connectivity index (χ0v) is 12.4. The monoisotopic (exact) mass is 339 g/mol. The zero-order valence-electron chi connectivity index (χ0n) is 10.1. The van der Waals surface area contributed by atoms with Crippen LogP contribution in [0.3, 0.4) is 0 Å². The van der Waals surface area contributed by atoms with Crippen LogP contribution in [0.25, 0.3) is 0 Å². The van der Waals surface area contributed by atoms with E-state index in [0.717, 1.165) is 4.47 Å². The molecule has 0 saturated heterocycles. The summed E-state index contributed by atoms with van der Waals surface area (Å²) >= 11 is 9.20. The number of halogens is 2. The molecule has 98 valence electrons. The topological polar surface area (TPSA) is 68.0 Å². The van der Waals surface area contributed by atoms with Crippen LogP contribution in [-0.2, 0) is 0 Å². The summed E-state index contributed by atoms with van der Waals surface area (Å²) in [6, 6.07) is 6.75. The third-order valence-electron chi connectivity index (χ3n) is 2.53. The molecule has 0 saturated carbocycles. The van der Waals surface area contributed by atoms with Crippen LogP contribution in [-0.4, -0.2) is 10.9 Å². The van der Waals surface area contributed by atoms with Gasteiger partial charge in [0.05, 0.1) is 28.2 Å². The molecule has 0 atom stereocenters. The number of anilines is 2. The smallest absolute Gasteiger partial charge is 0.257 e. The minimum atomic E-state index is -0.258. The highest BCUT2D eigenvalue weighted by Crippen LogP contribution is 2.26. The Kier molecular flexibility index (Phi) is 4.07. The SMILES string of the molecule is Cc1ncc(N)cc1C(=O)Nc1ccc(Cl)c(Br)c1. The Bertz CT molecular complexity index is 646. The Morgan fingerprint density at radius 2 is 2.16 bits per heavy atom. The summed E-state index contributed by atoms with van der Waals surface area (Å²) in [5, 5.41) is 3.35. The predicted octanol–water partition coefficient (Wildman–Crippen LogP) is 3.64. The van der Waals surface area contributed by atoms with E-state index < -0.39 is 0 Å². The minimum Gasteiger partial charge on any atom is -0.397 e. The maximum Gasteiger partial charge on any atom is 0.257 e.